The Hall–Kier alpha value is -1.78. The van der Waals surface area contributed by atoms with Gasteiger partial charge in [0.2, 0.25) is 0 Å². The lowest BCUT2D eigenvalue weighted by Crippen LogP contribution is -2.46. The van der Waals surface area contributed by atoms with Gasteiger partial charge in [0.15, 0.2) is 5.96 Å². The quantitative estimate of drug-likeness (QED) is 0.626. The maximum absolute atomic E-state index is 12.8. The molecule has 0 fully saturated rings. The van der Waals surface area contributed by atoms with Crippen molar-refractivity contribution in [2.45, 2.75) is 39.8 Å². The maximum Gasteiger partial charge on any atom is 0.191 e. The monoisotopic (exact) mass is 295 g/mol. The molecule has 0 aliphatic carbocycles. The Labute approximate surface area is 126 Å². The highest BCUT2D eigenvalue weighted by Crippen LogP contribution is 2.12. The molecule has 0 spiro atoms. The molecule has 2 N–H and O–H groups in total. The van der Waals surface area contributed by atoms with Crippen molar-refractivity contribution in [3.05, 3.63) is 30.1 Å². The zero-order chi connectivity index (χ0) is 15.8. The van der Waals surface area contributed by atoms with Crippen molar-refractivity contribution >= 4 is 5.96 Å². The van der Waals surface area contributed by atoms with Crippen molar-refractivity contribution < 1.29 is 9.13 Å². The molecule has 0 aliphatic heterocycles. The minimum absolute atomic E-state index is 0.0524. The van der Waals surface area contributed by atoms with Crippen molar-refractivity contribution in [1.82, 2.24) is 10.6 Å². The van der Waals surface area contributed by atoms with E-state index in [1.807, 2.05) is 6.92 Å². The Balaban J connectivity index is 2.40. The summed E-state index contributed by atoms with van der Waals surface area (Å²) in [6, 6.07) is 6.37. The van der Waals surface area contributed by atoms with E-state index in [9.17, 15) is 4.39 Å². The molecular weight excluding hydrogens is 269 g/mol. The maximum atomic E-state index is 12.8. The van der Waals surface area contributed by atoms with Gasteiger partial charge in [-0.05, 0) is 44.0 Å². The van der Waals surface area contributed by atoms with Crippen molar-refractivity contribution in [2.24, 2.45) is 10.9 Å². The second-order valence-electron chi connectivity index (χ2n) is 5.51. The standard InChI is InChI=1S/C16H26FN3O/c1-11(2)13(4)20-16(18-5)19-10-12(3)21-15-8-6-14(17)7-9-15/h6-9,11-13H,10H2,1-5H3,(H2,18,19,20). The number of ether oxygens (including phenoxy) is 1. The van der Waals surface area contributed by atoms with E-state index in [0.717, 1.165) is 5.96 Å². The molecule has 4 nitrogen and oxygen atoms in total. The Morgan fingerprint density at radius 3 is 2.33 bits per heavy atom. The number of aliphatic imine (C=N–C) groups is 1. The van der Waals surface area contributed by atoms with Crippen LogP contribution in [0.3, 0.4) is 0 Å². The summed E-state index contributed by atoms with van der Waals surface area (Å²) in [6.07, 6.45) is -0.0524. The number of rotatable bonds is 6. The minimum atomic E-state index is -0.264. The van der Waals surface area contributed by atoms with Gasteiger partial charge < -0.3 is 15.4 Å². The van der Waals surface area contributed by atoms with Gasteiger partial charge in [0.1, 0.15) is 17.7 Å². The summed E-state index contributed by atoms with van der Waals surface area (Å²) in [5.74, 6) is 1.67. The molecule has 0 aliphatic rings. The molecule has 1 rings (SSSR count). The van der Waals surface area contributed by atoms with E-state index in [0.29, 0.717) is 24.3 Å². The van der Waals surface area contributed by atoms with E-state index < -0.39 is 0 Å². The summed E-state index contributed by atoms with van der Waals surface area (Å²) in [4.78, 5) is 4.19. The van der Waals surface area contributed by atoms with E-state index in [2.05, 4.69) is 36.4 Å². The number of hydrogen-bond donors (Lipinski definition) is 2. The summed E-state index contributed by atoms with van der Waals surface area (Å²) >= 11 is 0. The lowest BCUT2D eigenvalue weighted by atomic mass is 10.1. The topological polar surface area (TPSA) is 45.7 Å². The van der Waals surface area contributed by atoms with Crippen molar-refractivity contribution in [3.8, 4) is 5.75 Å². The number of hydrogen-bond acceptors (Lipinski definition) is 2. The highest BCUT2D eigenvalue weighted by molar-refractivity contribution is 5.79. The first-order valence-electron chi connectivity index (χ1n) is 7.31. The highest BCUT2D eigenvalue weighted by atomic mass is 19.1. The van der Waals surface area contributed by atoms with Gasteiger partial charge in [-0.1, -0.05) is 13.8 Å². The third kappa shape index (κ3) is 6.47. The SMILES string of the molecule is CN=C(NCC(C)Oc1ccc(F)cc1)NC(C)C(C)C. The lowest BCUT2D eigenvalue weighted by Gasteiger charge is -2.22. The van der Waals surface area contributed by atoms with E-state index in [4.69, 9.17) is 4.74 Å². The van der Waals surface area contributed by atoms with Crippen LogP contribution >= 0.6 is 0 Å². The highest BCUT2D eigenvalue weighted by Gasteiger charge is 2.10. The normalized spacial score (nSPS) is 14.7. The fourth-order valence-electron chi connectivity index (χ4n) is 1.60. The molecule has 21 heavy (non-hydrogen) atoms. The summed E-state index contributed by atoms with van der Waals surface area (Å²) in [5, 5.41) is 6.55. The molecular formula is C16H26FN3O. The van der Waals surface area contributed by atoms with Gasteiger partial charge in [-0.3, -0.25) is 4.99 Å². The molecule has 118 valence electrons. The predicted molar refractivity (Wildman–Crippen MR) is 85.3 cm³/mol. The Kier molecular flexibility index (Phi) is 6.99. The van der Waals surface area contributed by atoms with Crippen LogP contribution in [0.1, 0.15) is 27.7 Å². The summed E-state index contributed by atoms with van der Waals surface area (Å²) in [6.45, 7) is 9.00. The summed E-state index contributed by atoms with van der Waals surface area (Å²) < 4.78 is 18.5. The van der Waals surface area contributed by atoms with E-state index in [1.54, 1.807) is 19.2 Å². The summed E-state index contributed by atoms with van der Waals surface area (Å²) in [7, 11) is 1.74. The Morgan fingerprint density at radius 1 is 1.19 bits per heavy atom. The largest absolute Gasteiger partial charge is 0.489 e. The van der Waals surface area contributed by atoms with Gasteiger partial charge in [0.25, 0.3) is 0 Å². The molecule has 2 atom stereocenters. The zero-order valence-corrected chi connectivity index (χ0v) is 13.5. The van der Waals surface area contributed by atoms with Crippen LogP contribution in [0.25, 0.3) is 0 Å². The van der Waals surface area contributed by atoms with Crippen LogP contribution in [0.2, 0.25) is 0 Å². The van der Waals surface area contributed by atoms with E-state index in [-0.39, 0.29) is 11.9 Å². The third-order valence-corrected chi connectivity index (χ3v) is 3.30. The molecule has 0 heterocycles. The molecule has 0 bridgehead atoms. The van der Waals surface area contributed by atoms with Crippen LogP contribution in [0.5, 0.6) is 5.75 Å². The molecule has 1 aromatic carbocycles. The number of halogens is 1. The second-order valence-corrected chi connectivity index (χ2v) is 5.51. The molecule has 1 aromatic rings. The number of nitrogens with one attached hydrogen (secondary N) is 2. The third-order valence-electron chi connectivity index (χ3n) is 3.30. The van der Waals surface area contributed by atoms with Crippen molar-refractivity contribution in [3.63, 3.8) is 0 Å². The Bertz CT molecular complexity index is 445. The second kappa shape index (κ2) is 8.49. The Morgan fingerprint density at radius 2 is 1.81 bits per heavy atom. The van der Waals surface area contributed by atoms with Gasteiger partial charge in [-0.2, -0.15) is 0 Å². The molecule has 0 radical (unpaired) electrons. The number of benzene rings is 1. The molecule has 0 saturated carbocycles. The summed E-state index contributed by atoms with van der Waals surface area (Å²) in [5.41, 5.74) is 0. The average Bonchev–Trinajstić information content (AvgIpc) is 2.45. The van der Waals surface area contributed by atoms with Crippen LogP contribution in [0.15, 0.2) is 29.3 Å². The average molecular weight is 295 g/mol. The number of guanidine groups is 1. The van der Waals surface area contributed by atoms with Gasteiger partial charge in [-0.15, -0.1) is 0 Å². The van der Waals surface area contributed by atoms with Gasteiger partial charge in [-0.25, -0.2) is 4.39 Å². The zero-order valence-electron chi connectivity index (χ0n) is 13.5. The fourth-order valence-corrected chi connectivity index (χ4v) is 1.60. The van der Waals surface area contributed by atoms with E-state index >= 15 is 0 Å². The minimum Gasteiger partial charge on any atom is -0.489 e. The fraction of sp³-hybridized carbons (Fsp3) is 0.562. The van der Waals surface area contributed by atoms with Crippen molar-refractivity contribution in [2.75, 3.05) is 13.6 Å². The first-order chi connectivity index (χ1) is 9.92. The van der Waals surface area contributed by atoms with Crippen LogP contribution < -0.4 is 15.4 Å². The van der Waals surface area contributed by atoms with Crippen molar-refractivity contribution in [1.29, 1.82) is 0 Å². The van der Waals surface area contributed by atoms with Gasteiger partial charge in [0.05, 0.1) is 6.54 Å². The first-order valence-corrected chi connectivity index (χ1v) is 7.31. The van der Waals surface area contributed by atoms with E-state index in [1.165, 1.54) is 12.1 Å². The first kappa shape index (κ1) is 17.3. The molecule has 0 saturated heterocycles. The van der Waals surface area contributed by atoms with Crippen LogP contribution in [0, 0.1) is 11.7 Å². The number of nitrogens with zero attached hydrogens (tertiary/aromatic N) is 1. The molecule has 2 unspecified atom stereocenters. The van der Waals surface area contributed by atoms with Crippen LogP contribution in [0.4, 0.5) is 4.39 Å². The van der Waals surface area contributed by atoms with Crippen LogP contribution in [-0.4, -0.2) is 31.7 Å². The molecule has 5 heteroatoms. The molecule has 0 amide bonds. The smallest absolute Gasteiger partial charge is 0.191 e. The predicted octanol–water partition coefficient (Wildman–Crippen LogP) is 2.80. The van der Waals surface area contributed by atoms with Gasteiger partial charge in [0, 0.05) is 13.1 Å². The van der Waals surface area contributed by atoms with Gasteiger partial charge >= 0.3 is 0 Å². The van der Waals surface area contributed by atoms with Crippen LogP contribution in [-0.2, 0) is 0 Å². The molecule has 0 aromatic heterocycles. The lowest BCUT2D eigenvalue weighted by molar-refractivity contribution is 0.223.